The van der Waals surface area contributed by atoms with Crippen LogP contribution in [0.4, 0.5) is 0 Å². The Kier molecular flexibility index (Phi) is 9.13. The highest BCUT2D eigenvalue weighted by Gasteiger charge is 2.12. The number of ether oxygens (including phenoxy) is 1. The van der Waals surface area contributed by atoms with Crippen molar-refractivity contribution in [1.82, 2.24) is 0 Å². The number of hydrogen-bond donors (Lipinski definition) is 1. The molecule has 2 aromatic rings. The van der Waals surface area contributed by atoms with Crippen molar-refractivity contribution in [1.29, 1.82) is 0 Å². The van der Waals surface area contributed by atoms with Crippen LogP contribution in [0.15, 0.2) is 54.1 Å². The van der Waals surface area contributed by atoms with Gasteiger partial charge in [-0.15, -0.1) is 0 Å². The maximum absolute atomic E-state index is 12.3. The summed E-state index contributed by atoms with van der Waals surface area (Å²) in [6, 6.07) is 9.29. The number of nitrogens with zero attached hydrogens (tertiary/aromatic N) is 3. The highest BCUT2D eigenvalue weighted by Crippen LogP contribution is 2.09. The number of pyridine rings is 2. The molecule has 27 heavy (non-hydrogen) atoms. The fraction of sp³-hybridized carbons (Fsp3) is 0.429. The molecule has 0 unspecified atom stereocenters. The van der Waals surface area contributed by atoms with Crippen molar-refractivity contribution >= 4 is 12.0 Å². The Morgan fingerprint density at radius 3 is 2.78 bits per heavy atom. The molecule has 6 heteroatoms. The lowest BCUT2D eigenvalue weighted by Crippen LogP contribution is -2.43. The summed E-state index contributed by atoms with van der Waals surface area (Å²) in [7, 11) is 0. The van der Waals surface area contributed by atoms with Crippen LogP contribution in [-0.4, -0.2) is 17.2 Å². The number of aromatic nitrogens is 2. The van der Waals surface area contributed by atoms with Crippen molar-refractivity contribution in [3.05, 3.63) is 60.2 Å². The van der Waals surface area contributed by atoms with Gasteiger partial charge in [0.15, 0.2) is 24.4 Å². The average Bonchev–Trinajstić information content (AvgIpc) is 2.69. The molecule has 2 aromatic heterocycles. The van der Waals surface area contributed by atoms with Gasteiger partial charge < -0.3 is 5.21 Å². The van der Waals surface area contributed by atoms with Gasteiger partial charge in [-0.3, -0.25) is 9.53 Å². The van der Waals surface area contributed by atoms with E-state index in [1.165, 1.54) is 25.5 Å². The van der Waals surface area contributed by atoms with E-state index < -0.39 is 0 Å². The van der Waals surface area contributed by atoms with Gasteiger partial charge in [0, 0.05) is 24.6 Å². The van der Waals surface area contributed by atoms with E-state index in [4.69, 9.17) is 9.94 Å². The summed E-state index contributed by atoms with van der Waals surface area (Å²) in [5, 5.41) is 11.8. The molecule has 0 spiro atoms. The van der Waals surface area contributed by atoms with Crippen molar-refractivity contribution in [3.63, 3.8) is 0 Å². The maximum Gasteiger partial charge on any atom is 0.258 e. The van der Waals surface area contributed by atoms with Gasteiger partial charge in [0.25, 0.3) is 13.5 Å². The molecule has 0 bridgehead atoms. The van der Waals surface area contributed by atoms with Crippen LogP contribution in [-0.2, 0) is 18.2 Å². The van der Waals surface area contributed by atoms with Gasteiger partial charge in [-0.05, 0) is 18.6 Å². The Morgan fingerprint density at radius 1 is 1.11 bits per heavy atom. The minimum Gasteiger partial charge on any atom is -0.411 e. The van der Waals surface area contributed by atoms with E-state index in [9.17, 15) is 4.79 Å². The molecule has 0 aliphatic rings. The van der Waals surface area contributed by atoms with Gasteiger partial charge in [0.2, 0.25) is 5.69 Å². The molecule has 0 radical (unpaired) electrons. The van der Waals surface area contributed by atoms with E-state index in [2.05, 4.69) is 12.1 Å². The van der Waals surface area contributed by atoms with Gasteiger partial charge in [0.05, 0.1) is 5.56 Å². The second kappa shape index (κ2) is 11.9. The molecule has 144 valence electrons. The number of rotatable bonds is 12. The number of carbonyl (C=O) groups excluding carboxylic acids is 1. The zero-order valence-corrected chi connectivity index (χ0v) is 16.0. The Balaban J connectivity index is 1.84. The summed E-state index contributed by atoms with van der Waals surface area (Å²) in [6.07, 6.45) is 13.2. The quantitative estimate of drug-likeness (QED) is 0.156. The van der Waals surface area contributed by atoms with Gasteiger partial charge in [0.1, 0.15) is 6.21 Å². The van der Waals surface area contributed by atoms with E-state index in [1.54, 1.807) is 0 Å². The minimum absolute atomic E-state index is 0.180. The zero-order chi connectivity index (χ0) is 19.3. The van der Waals surface area contributed by atoms with Crippen molar-refractivity contribution < 1.29 is 23.9 Å². The van der Waals surface area contributed by atoms with Crippen LogP contribution >= 0.6 is 0 Å². The third-order valence-corrected chi connectivity index (χ3v) is 4.32. The number of hydrogen-bond acceptors (Lipinski definition) is 4. The van der Waals surface area contributed by atoms with Crippen LogP contribution in [0.25, 0.3) is 0 Å². The second-order valence-electron chi connectivity index (χ2n) is 6.50. The summed E-state index contributed by atoms with van der Waals surface area (Å²) in [6.45, 7) is 2.83. The summed E-state index contributed by atoms with van der Waals surface area (Å²) in [4.78, 5) is 12.3. The molecule has 0 amide bonds. The van der Waals surface area contributed by atoms with Gasteiger partial charge in [-0.2, -0.15) is 9.13 Å². The average molecular weight is 371 g/mol. The fourth-order valence-electron chi connectivity index (χ4n) is 2.83. The van der Waals surface area contributed by atoms with Crippen molar-refractivity contribution in [3.8, 4) is 0 Å². The number of oxime groups is 1. The van der Waals surface area contributed by atoms with Gasteiger partial charge in [-0.1, -0.05) is 37.8 Å². The lowest BCUT2D eigenvalue weighted by Gasteiger charge is -2.03. The van der Waals surface area contributed by atoms with Crippen LogP contribution in [0.3, 0.4) is 0 Å². The Hall–Kier alpha value is -2.60. The zero-order valence-electron chi connectivity index (χ0n) is 16.0. The topological polar surface area (TPSA) is 66.7 Å². The molecule has 0 atom stereocenters. The summed E-state index contributed by atoms with van der Waals surface area (Å²) >= 11 is 0. The summed E-state index contributed by atoms with van der Waals surface area (Å²) < 4.78 is 9.40. The number of Topliss-reactive ketones (excluding diaryl/α,β-unsaturated/α-hetero) is 1. The lowest BCUT2D eigenvalue weighted by atomic mass is 10.1. The monoisotopic (exact) mass is 371 g/mol. The molecule has 0 fully saturated rings. The predicted molar refractivity (Wildman–Crippen MR) is 101 cm³/mol. The molecule has 6 nitrogen and oxygen atoms in total. The first-order valence-electron chi connectivity index (χ1n) is 9.50. The van der Waals surface area contributed by atoms with Gasteiger partial charge >= 0.3 is 0 Å². The minimum atomic E-state index is 0.180. The third-order valence-electron chi connectivity index (χ3n) is 4.32. The van der Waals surface area contributed by atoms with Gasteiger partial charge in [-0.25, -0.2) is 0 Å². The second-order valence-corrected chi connectivity index (χ2v) is 6.50. The van der Waals surface area contributed by atoms with Crippen LogP contribution in [0.1, 0.15) is 61.5 Å². The summed E-state index contributed by atoms with van der Waals surface area (Å²) in [5.74, 6) is 0.180. The van der Waals surface area contributed by atoms with Crippen molar-refractivity contribution in [2.45, 2.75) is 58.9 Å². The predicted octanol–water partition coefficient (Wildman–Crippen LogP) is 3.24. The third kappa shape index (κ3) is 7.27. The van der Waals surface area contributed by atoms with Crippen LogP contribution in [0, 0.1) is 0 Å². The number of unbranched alkanes of at least 4 members (excludes halogenated alkanes) is 4. The number of carbonyl (C=O) groups is 1. The highest BCUT2D eigenvalue weighted by atomic mass is 16.5. The fourth-order valence-corrected chi connectivity index (χ4v) is 2.83. The molecule has 0 aromatic carbocycles. The SMILES string of the molecule is CCCCCCCC(=O)c1ccc[n+](COC[n+]2ccccc2/C=N/O)c1. The maximum atomic E-state index is 12.3. The molecule has 0 aliphatic carbocycles. The molecule has 0 aliphatic heterocycles. The standard InChI is InChI=1S/C21H28N3O3/c1-2-3-4-5-6-12-21(25)19-10-9-13-23(16-19)17-27-18-24-14-8-7-11-20(24)15-22-26/h7-11,13-16H,2-6,12,17-18H2,1H3/q+1/p+1. The molecule has 2 rings (SSSR count). The lowest BCUT2D eigenvalue weighted by molar-refractivity contribution is -0.788. The molecule has 1 N–H and O–H groups in total. The van der Waals surface area contributed by atoms with E-state index in [-0.39, 0.29) is 5.78 Å². The molecule has 0 saturated carbocycles. The largest absolute Gasteiger partial charge is 0.411 e. The first kappa shape index (κ1) is 20.7. The van der Waals surface area contributed by atoms with E-state index >= 15 is 0 Å². The van der Waals surface area contributed by atoms with Crippen molar-refractivity contribution in [2.75, 3.05) is 0 Å². The van der Waals surface area contributed by atoms with Crippen LogP contribution in [0.2, 0.25) is 0 Å². The highest BCUT2D eigenvalue weighted by molar-refractivity contribution is 5.95. The summed E-state index contributed by atoms with van der Waals surface area (Å²) in [5.41, 5.74) is 1.45. The van der Waals surface area contributed by atoms with E-state index in [1.807, 2.05) is 58.1 Å². The number of ketones is 1. The van der Waals surface area contributed by atoms with Crippen LogP contribution in [0.5, 0.6) is 0 Å². The normalized spacial score (nSPS) is 11.1. The molecule has 0 saturated heterocycles. The molecule has 2 heterocycles. The van der Waals surface area contributed by atoms with Crippen LogP contribution < -0.4 is 9.13 Å². The van der Waals surface area contributed by atoms with E-state index in [0.29, 0.717) is 19.9 Å². The Labute approximate surface area is 160 Å². The Bertz CT molecular complexity index is 747. The van der Waals surface area contributed by atoms with E-state index in [0.717, 1.165) is 24.1 Å². The smallest absolute Gasteiger partial charge is 0.258 e. The van der Waals surface area contributed by atoms with Crippen molar-refractivity contribution in [2.24, 2.45) is 5.16 Å². The first-order valence-corrected chi connectivity index (χ1v) is 9.50. The first-order chi connectivity index (χ1) is 13.2. The molecular weight excluding hydrogens is 342 g/mol. The molecular formula is C21H29N3O3+2. The Morgan fingerprint density at radius 2 is 1.96 bits per heavy atom.